The van der Waals surface area contributed by atoms with Crippen molar-refractivity contribution in [3.63, 3.8) is 0 Å². The number of carbonyl (C=O) groups is 1. The summed E-state index contributed by atoms with van der Waals surface area (Å²) in [7, 11) is 0. The average Bonchev–Trinajstić information content (AvgIpc) is 3.09. The first-order valence-corrected chi connectivity index (χ1v) is 9.14. The minimum absolute atomic E-state index is 0.0383. The van der Waals surface area contributed by atoms with Crippen LogP contribution in [0, 0.1) is 19.7 Å². The van der Waals surface area contributed by atoms with Crippen LogP contribution in [0.2, 0.25) is 0 Å². The Labute approximate surface area is 159 Å². The van der Waals surface area contributed by atoms with E-state index in [4.69, 9.17) is 0 Å². The van der Waals surface area contributed by atoms with Crippen molar-refractivity contribution in [2.45, 2.75) is 40.2 Å². The van der Waals surface area contributed by atoms with E-state index in [1.165, 1.54) is 6.07 Å². The van der Waals surface area contributed by atoms with Crippen molar-refractivity contribution in [1.82, 2.24) is 15.1 Å². The Morgan fingerprint density at radius 3 is 2.63 bits per heavy atom. The molecule has 3 rings (SSSR count). The van der Waals surface area contributed by atoms with Gasteiger partial charge in [0.25, 0.3) is 5.91 Å². The van der Waals surface area contributed by atoms with Crippen molar-refractivity contribution < 1.29 is 9.18 Å². The summed E-state index contributed by atoms with van der Waals surface area (Å²) in [6, 6.07) is 14.1. The molecule has 2 aromatic carbocycles. The quantitative estimate of drug-likeness (QED) is 0.704. The fraction of sp³-hybridized carbons (Fsp3) is 0.273. The molecule has 0 saturated heterocycles. The molecule has 1 aromatic heterocycles. The molecule has 0 aliphatic carbocycles. The van der Waals surface area contributed by atoms with Gasteiger partial charge in [0.15, 0.2) is 0 Å². The summed E-state index contributed by atoms with van der Waals surface area (Å²) in [5.41, 5.74) is 4.06. The summed E-state index contributed by atoms with van der Waals surface area (Å²) in [6.07, 6.45) is 0.823. The molecule has 1 N–H and O–H groups in total. The summed E-state index contributed by atoms with van der Waals surface area (Å²) in [6.45, 7) is 7.92. The van der Waals surface area contributed by atoms with Gasteiger partial charge in [-0.2, -0.15) is 5.10 Å². The third-order valence-corrected chi connectivity index (χ3v) is 4.67. The Morgan fingerprint density at radius 2 is 1.93 bits per heavy atom. The average molecular weight is 365 g/mol. The van der Waals surface area contributed by atoms with E-state index in [0.29, 0.717) is 17.0 Å². The van der Waals surface area contributed by atoms with Gasteiger partial charge < -0.3 is 5.32 Å². The predicted molar refractivity (Wildman–Crippen MR) is 106 cm³/mol. The van der Waals surface area contributed by atoms with E-state index in [-0.39, 0.29) is 17.8 Å². The van der Waals surface area contributed by atoms with Crippen molar-refractivity contribution in [3.05, 3.63) is 71.2 Å². The van der Waals surface area contributed by atoms with Gasteiger partial charge in [-0.15, -0.1) is 0 Å². The second-order valence-corrected chi connectivity index (χ2v) is 6.88. The Morgan fingerprint density at radius 1 is 1.19 bits per heavy atom. The topological polar surface area (TPSA) is 46.9 Å². The highest BCUT2D eigenvalue weighted by atomic mass is 19.1. The molecular weight excluding hydrogens is 341 g/mol. The van der Waals surface area contributed by atoms with Crippen LogP contribution in [0.5, 0.6) is 0 Å². The monoisotopic (exact) mass is 365 g/mol. The third-order valence-electron chi connectivity index (χ3n) is 4.67. The molecular formula is C22H24FN3O. The summed E-state index contributed by atoms with van der Waals surface area (Å²) in [5.74, 6) is -0.586. The van der Waals surface area contributed by atoms with E-state index in [1.807, 2.05) is 45.9 Å². The molecule has 0 aliphatic heterocycles. The number of nitrogens with zero attached hydrogens (tertiary/aromatic N) is 2. The number of aromatic nitrogens is 2. The SMILES string of the molecule is CC[C@@H](C)NC(=O)c1cc(-c2ccccc2F)nn1-c1cc(C)ccc1C. The van der Waals surface area contributed by atoms with E-state index in [0.717, 1.165) is 23.2 Å². The first-order chi connectivity index (χ1) is 12.9. The predicted octanol–water partition coefficient (Wildman–Crippen LogP) is 4.82. The molecule has 1 heterocycles. The molecule has 4 nitrogen and oxygen atoms in total. The van der Waals surface area contributed by atoms with E-state index in [2.05, 4.69) is 10.4 Å². The highest BCUT2D eigenvalue weighted by Gasteiger charge is 2.21. The number of halogens is 1. The molecule has 140 valence electrons. The second-order valence-electron chi connectivity index (χ2n) is 6.88. The van der Waals surface area contributed by atoms with Crippen molar-refractivity contribution in [3.8, 4) is 16.9 Å². The summed E-state index contributed by atoms with van der Waals surface area (Å²) in [5, 5.41) is 7.56. The smallest absolute Gasteiger partial charge is 0.270 e. The van der Waals surface area contributed by atoms with Gasteiger partial charge in [0, 0.05) is 11.6 Å². The van der Waals surface area contributed by atoms with Crippen LogP contribution in [0.15, 0.2) is 48.5 Å². The fourth-order valence-electron chi connectivity index (χ4n) is 2.87. The van der Waals surface area contributed by atoms with Crippen LogP contribution in [-0.4, -0.2) is 21.7 Å². The molecule has 0 aliphatic rings. The maximum absolute atomic E-state index is 14.3. The van der Waals surface area contributed by atoms with Gasteiger partial charge in [0.05, 0.1) is 11.4 Å². The minimum atomic E-state index is -0.364. The molecule has 1 amide bonds. The molecule has 0 radical (unpaired) electrons. The normalized spacial score (nSPS) is 12.0. The van der Waals surface area contributed by atoms with Crippen LogP contribution >= 0.6 is 0 Å². The number of rotatable bonds is 5. The second kappa shape index (κ2) is 7.74. The molecule has 0 bridgehead atoms. The molecule has 1 atom stereocenters. The van der Waals surface area contributed by atoms with E-state index < -0.39 is 0 Å². The van der Waals surface area contributed by atoms with E-state index in [1.54, 1.807) is 28.9 Å². The Kier molecular flexibility index (Phi) is 5.40. The van der Waals surface area contributed by atoms with Crippen LogP contribution in [0.25, 0.3) is 16.9 Å². The zero-order valence-electron chi connectivity index (χ0n) is 16.1. The van der Waals surface area contributed by atoms with E-state index in [9.17, 15) is 9.18 Å². The minimum Gasteiger partial charge on any atom is -0.348 e. The number of hydrogen-bond donors (Lipinski definition) is 1. The Hall–Kier alpha value is -2.95. The van der Waals surface area contributed by atoms with Gasteiger partial charge in [0.1, 0.15) is 11.5 Å². The van der Waals surface area contributed by atoms with Crippen LogP contribution in [0.1, 0.15) is 41.9 Å². The maximum atomic E-state index is 14.3. The molecule has 0 unspecified atom stereocenters. The lowest BCUT2D eigenvalue weighted by molar-refractivity contribution is 0.0931. The van der Waals surface area contributed by atoms with Crippen LogP contribution < -0.4 is 5.32 Å². The van der Waals surface area contributed by atoms with Crippen LogP contribution in [-0.2, 0) is 0 Å². The summed E-state index contributed by atoms with van der Waals surface area (Å²) >= 11 is 0. The molecule has 5 heteroatoms. The van der Waals surface area contributed by atoms with Gasteiger partial charge in [0.2, 0.25) is 0 Å². The van der Waals surface area contributed by atoms with Gasteiger partial charge in [-0.25, -0.2) is 9.07 Å². The third kappa shape index (κ3) is 3.92. The summed E-state index contributed by atoms with van der Waals surface area (Å²) < 4.78 is 15.9. The van der Waals surface area contributed by atoms with E-state index >= 15 is 0 Å². The largest absolute Gasteiger partial charge is 0.348 e. The number of hydrogen-bond acceptors (Lipinski definition) is 2. The number of nitrogens with one attached hydrogen (secondary N) is 1. The lowest BCUT2D eigenvalue weighted by Gasteiger charge is -2.14. The lowest BCUT2D eigenvalue weighted by atomic mass is 10.1. The van der Waals surface area contributed by atoms with Gasteiger partial charge >= 0.3 is 0 Å². The summed E-state index contributed by atoms with van der Waals surface area (Å²) in [4.78, 5) is 12.9. The Balaban J connectivity index is 2.17. The highest BCUT2D eigenvalue weighted by molar-refractivity contribution is 5.94. The molecule has 0 fully saturated rings. The number of benzene rings is 2. The number of amides is 1. The van der Waals surface area contributed by atoms with Gasteiger partial charge in [-0.05, 0) is 62.6 Å². The zero-order chi connectivity index (χ0) is 19.6. The molecule has 3 aromatic rings. The standard InChI is InChI=1S/C22H24FN3O/c1-5-16(4)24-22(27)21-13-19(17-8-6-7-9-18(17)23)25-26(21)20-12-14(2)10-11-15(20)3/h6-13,16H,5H2,1-4H3,(H,24,27)/t16-/m1/s1. The lowest BCUT2D eigenvalue weighted by Crippen LogP contribution is -2.33. The van der Waals surface area contributed by atoms with Crippen LogP contribution in [0.3, 0.4) is 0 Å². The first-order valence-electron chi connectivity index (χ1n) is 9.14. The first kappa shape index (κ1) is 18.8. The fourth-order valence-corrected chi connectivity index (χ4v) is 2.87. The highest BCUT2D eigenvalue weighted by Crippen LogP contribution is 2.26. The van der Waals surface area contributed by atoms with Crippen molar-refractivity contribution >= 4 is 5.91 Å². The van der Waals surface area contributed by atoms with Gasteiger partial charge in [-0.3, -0.25) is 4.79 Å². The van der Waals surface area contributed by atoms with Crippen molar-refractivity contribution in [2.24, 2.45) is 0 Å². The van der Waals surface area contributed by atoms with Crippen molar-refractivity contribution in [2.75, 3.05) is 0 Å². The van der Waals surface area contributed by atoms with Crippen LogP contribution in [0.4, 0.5) is 4.39 Å². The number of carbonyl (C=O) groups excluding carboxylic acids is 1. The number of aryl methyl sites for hydroxylation is 2. The molecule has 27 heavy (non-hydrogen) atoms. The zero-order valence-corrected chi connectivity index (χ0v) is 16.1. The molecule has 0 spiro atoms. The maximum Gasteiger partial charge on any atom is 0.270 e. The van der Waals surface area contributed by atoms with Crippen molar-refractivity contribution in [1.29, 1.82) is 0 Å². The van der Waals surface area contributed by atoms with Gasteiger partial charge in [-0.1, -0.05) is 31.2 Å². The Bertz CT molecular complexity index is 977. The molecule has 0 saturated carbocycles.